The highest BCUT2D eigenvalue weighted by atomic mass is 16.2. The number of nitrogens with zero attached hydrogens (tertiary/aromatic N) is 2. The van der Waals surface area contributed by atoms with Crippen molar-refractivity contribution >= 4 is 5.91 Å². The number of hydrogen-bond acceptors (Lipinski definition) is 2. The molecule has 1 atom stereocenters. The van der Waals surface area contributed by atoms with Gasteiger partial charge in [0, 0.05) is 18.2 Å². The lowest BCUT2D eigenvalue weighted by molar-refractivity contribution is 0.0676. The van der Waals surface area contributed by atoms with Gasteiger partial charge in [0.15, 0.2) is 0 Å². The van der Waals surface area contributed by atoms with Crippen molar-refractivity contribution in [3.8, 4) is 6.07 Å². The van der Waals surface area contributed by atoms with E-state index in [4.69, 9.17) is 5.26 Å². The molecular weight excluding hydrogens is 248 g/mol. The largest absolute Gasteiger partial charge is 0.335 e. The summed E-state index contributed by atoms with van der Waals surface area (Å²) in [6.07, 6.45) is 2.79. The Balaban J connectivity index is 2.22. The zero-order valence-corrected chi connectivity index (χ0v) is 12.5. The fraction of sp³-hybridized carbons (Fsp3) is 0.529. The Hall–Kier alpha value is -1.82. The Morgan fingerprint density at radius 3 is 2.45 bits per heavy atom. The van der Waals surface area contributed by atoms with Gasteiger partial charge in [-0.2, -0.15) is 5.26 Å². The minimum Gasteiger partial charge on any atom is -0.335 e. The lowest BCUT2D eigenvalue weighted by Crippen LogP contribution is -2.40. The molecule has 0 unspecified atom stereocenters. The number of amides is 1. The predicted molar refractivity (Wildman–Crippen MR) is 79.4 cm³/mol. The van der Waals surface area contributed by atoms with Crippen LogP contribution < -0.4 is 0 Å². The van der Waals surface area contributed by atoms with Crippen molar-refractivity contribution in [2.75, 3.05) is 6.54 Å². The molecule has 1 aliphatic rings. The van der Waals surface area contributed by atoms with Crippen molar-refractivity contribution in [2.24, 2.45) is 5.92 Å². The van der Waals surface area contributed by atoms with E-state index in [9.17, 15) is 4.79 Å². The third kappa shape index (κ3) is 3.39. The molecule has 0 radical (unpaired) electrons. The number of carbonyl (C=O) groups excluding carboxylic acids is 1. The normalized spacial score (nSPS) is 15.5. The van der Waals surface area contributed by atoms with Gasteiger partial charge >= 0.3 is 0 Å². The van der Waals surface area contributed by atoms with Crippen molar-refractivity contribution in [1.29, 1.82) is 5.26 Å². The third-order valence-corrected chi connectivity index (χ3v) is 3.99. The van der Waals surface area contributed by atoms with Crippen LogP contribution in [0.3, 0.4) is 0 Å². The Morgan fingerprint density at radius 1 is 1.35 bits per heavy atom. The van der Waals surface area contributed by atoms with Gasteiger partial charge in [-0.25, -0.2) is 0 Å². The molecule has 3 nitrogen and oxygen atoms in total. The molecule has 1 saturated carbocycles. The van der Waals surface area contributed by atoms with Gasteiger partial charge in [0.25, 0.3) is 5.91 Å². The summed E-state index contributed by atoms with van der Waals surface area (Å²) >= 11 is 0. The van der Waals surface area contributed by atoms with E-state index in [-0.39, 0.29) is 11.9 Å². The number of carbonyl (C=O) groups is 1. The third-order valence-electron chi connectivity index (χ3n) is 3.99. The number of nitriles is 1. The monoisotopic (exact) mass is 270 g/mol. The molecule has 1 aromatic carbocycles. The molecule has 1 amide bonds. The molecule has 3 heteroatoms. The van der Waals surface area contributed by atoms with E-state index in [0.717, 1.165) is 16.7 Å². The van der Waals surface area contributed by atoms with E-state index in [1.54, 1.807) is 0 Å². The van der Waals surface area contributed by atoms with E-state index in [1.807, 2.05) is 30.9 Å². The van der Waals surface area contributed by atoms with Crippen LogP contribution in [-0.4, -0.2) is 23.4 Å². The van der Waals surface area contributed by atoms with E-state index in [0.29, 0.717) is 18.9 Å². The lowest BCUT2D eigenvalue weighted by Gasteiger charge is -2.29. The second kappa shape index (κ2) is 6.09. The van der Waals surface area contributed by atoms with Gasteiger partial charge in [0.05, 0.1) is 12.5 Å². The maximum atomic E-state index is 12.7. The van der Waals surface area contributed by atoms with Crippen LogP contribution in [-0.2, 0) is 0 Å². The fourth-order valence-electron chi connectivity index (χ4n) is 2.76. The van der Waals surface area contributed by atoms with Gasteiger partial charge < -0.3 is 4.90 Å². The Labute approximate surface area is 121 Å². The van der Waals surface area contributed by atoms with E-state index in [1.165, 1.54) is 12.8 Å². The lowest BCUT2D eigenvalue weighted by atomic mass is 10.0. The molecule has 20 heavy (non-hydrogen) atoms. The van der Waals surface area contributed by atoms with Crippen LogP contribution in [0.4, 0.5) is 0 Å². The van der Waals surface area contributed by atoms with Crippen LogP contribution in [0, 0.1) is 31.1 Å². The van der Waals surface area contributed by atoms with Crippen LogP contribution in [0.25, 0.3) is 0 Å². The maximum Gasteiger partial charge on any atom is 0.254 e. The van der Waals surface area contributed by atoms with Gasteiger partial charge in [-0.1, -0.05) is 17.2 Å². The molecule has 1 aromatic rings. The minimum absolute atomic E-state index is 0.0615. The maximum absolute atomic E-state index is 12.7. The van der Waals surface area contributed by atoms with Gasteiger partial charge in [-0.05, 0) is 51.7 Å². The summed E-state index contributed by atoms with van der Waals surface area (Å²) in [5.41, 5.74) is 2.95. The first-order valence-corrected chi connectivity index (χ1v) is 7.29. The van der Waals surface area contributed by atoms with Crippen LogP contribution in [0.2, 0.25) is 0 Å². The quantitative estimate of drug-likeness (QED) is 0.822. The number of hydrogen-bond donors (Lipinski definition) is 0. The molecular formula is C17H22N2O. The predicted octanol–water partition coefficient (Wildman–Crippen LogP) is 3.46. The second-order valence-electron chi connectivity index (χ2n) is 5.86. The molecule has 0 aromatic heterocycles. The average molecular weight is 270 g/mol. The molecule has 0 bridgehead atoms. The van der Waals surface area contributed by atoms with E-state index >= 15 is 0 Å². The first-order chi connectivity index (χ1) is 9.52. The number of benzene rings is 1. The molecule has 1 fully saturated rings. The van der Waals surface area contributed by atoms with Crippen LogP contribution in [0.15, 0.2) is 18.2 Å². The molecule has 0 saturated heterocycles. The van der Waals surface area contributed by atoms with Gasteiger partial charge in [-0.3, -0.25) is 4.79 Å². The van der Waals surface area contributed by atoms with Gasteiger partial charge in [0.2, 0.25) is 0 Å². The summed E-state index contributed by atoms with van der Waals surface area (Å²) in [4.78, 5) is 14.6. The van der Waals surface area contributed by atoms with Crippen LogP contribution in [0.5, 0.6) is 0 Å². The summed E-state index contributed by atoms with van der Waals surface area (Å²) < 4.78 is 0. The highest BCUT2D eigenvalue weighted by Gasteiger charge is 2.34. The molecule has 1 aliphatic carbocycles. The zero-order chi connectivity index (χ0) is 14.7. The molecule has 0 spiro atoms. The topological polar surface area (TPSA) is 44.1 Å². The van der Waals surface area contributed by atoms with Crippen molar-refractivity contribution in [1.82, 2.24) is 4.90 Å². The molecule has 0 aliphatic heterocycles. The number of rotatable bonds is 5. The van der Waals surface area contributed by atoms with Crippen molar-refractivity contribution in [3.63, 3.8) is 0 Å². The van der Waals surface area contributed by atoms with Crippen LogP contribution in [0.1, 0.15) is 47.7 Å². The molecule has 0 heterocycles. The van der Waals surface area contributed by atoms with Crippen molar-refractivity contribution < 1.29 is 4.79 Å². The van der Waals surface area contributed by atoms with Crippen molar-refractivity contribution in [2.45, 2.75) is 46.1 Å². The first-order valence-electron chi connectivity index (χ1n) is 7.29. The summed E-state index contributed by atoms with van der Waals surface area (Å²) in [6, 6.07) is 8.33. The Morgan fingerprint density at radius 2 is 1.95 bits per heavy atom. The van der Waals surface area contributed by atoms with Crippen LogP contribution >= 0.6 is 0 Å². The first kappa shape index (κ1) is 14.6. The van der Waals surface area contributed by atoms with Gasteiger partial charge in [-0.15, -0.1) is 0 Å². The zero-order valence-electron chi connectivity index (χ0n) is 12.5. The minimum atomic E-state index is 0.0615. The average Bonchev–Trinajstić information content (AvgIpc) is 3.21. The highest BCUT2D eigenvalue weighted by Crippen LogP contribution is 2.35. The van der Waals surface area contributed by atoms with E-state index < -0.39 is 0 Å². The molecule has 0 N–H and O–H groups in total. The van der Waals surface area contributed by atoms with Crippen molar-refractivity contribution in [3.05, 3.63) is 34.9 Å². The number of aryl methyl sites for hydroxylation is 2. The highest BCUT2D eigenvalue weighted by molar-refractivity contribution is 5.94. The molecule has 2 rings (SSSR count). The summed E-state index contributed by atoms with van der Waals surface area (Å²) in [5, 5.41) is 8.80. The second-order valence-corrected chi connectivity index (χ2v) is 5.86. The molecule has 106 valence electrons. The fourth-order valence-corrected chi connectivity index (χ4v) is 2.76. The standard InChI is InChI=1S/C17H22N2O/c1-12-9-13(2)11-16(10-12)17(20)19(8-4-7-18)14(3)15-5-6-15/h9-11,14-15H,4-6,8H2,1-3H3/t14-/m1/s1. The SMILES string of the molecule is Cc1cc(C)cc(C(=O)N(CCC#N)[C@H](C)C2CC2)c1. The van der Waals surface area contributed by atoms with E-state index in [2.05, 4.69) is 19.1 Å². The summed E-state index contributed by atoms with van der Waals surface area (Å²) in [7, 11) is 0. The Bertz CT molecular complexity index is 520. The van der Waals surface area contributed by atoms with Gasteiger partial charge in [0.1, 0.15) is 0 Å². The summed E-state index contributed by atoms with van der Waals surface area (Å²) in [6.45, 7) is 6.65. The smallest absolute Gasteiger partial charge is 0.254 e. The Kier molecular flexibility index (Phi) is 4.44. The summed E-state index contributed by atoms with van der Waals surface area (Å²) in [5.74, 6) is 0.676.